The van der Waals surface area contributed by atoms with Crippen LogP contribution < -0.4 is 19.7 Å². The second kappa shape index (κ2) is 9.31. The monoisotopic (exact) mass is 456 g/mol. The number of nitrogens with zero attached hydrogens (tertiary/aromatic N) is 3. The third-order valence-corrected chi connectivity index (χ3v) is 6.11. The molecule has 1 aliphatic heterocycles. The fraction of sp³-hybridized carbons (Fsp3) is 0.273. The minimum absolute atomic E-state index is 0.0594. The number of methoxy groups -OCH3 is 2. The predicted molar refractivity (Wildman–Crippen MR) is 118 cm³/mol. The number of carbonyl (C=O) groups excluding carboxylic acids is 2. The van der Waals surface area contributed by atoms with Crippen LogP contribution in [0.3, 0.4) is 0 Å². The molecule has 0 radical (unpaired) electrons. The van der Waals surface area contributed by atoms with Crippen molar-refractivity contribution >= 4 is 34.0 Å². The quantitative estimate of drug-likeness (QED) is 0.586. The van der Waals surface area contributed by atoms with Gasteiger partial charge in [0.1, 0.15) is 10.8 Å². The summed E-state index contributed by atoms with van der Waals surface area (Å²) >= 11 is 1.25. The van der Waals surface area contributed by atoms with Gasteiger partial charge < -0.3 is 19.7 Å². The molecule has 1 saturated heterocycles. The Kier molecular flexibility index (Phi) is 6.31. The molecule has 32 heavy (non-hydrogen) atoms. The number of nitrogens with one attached hydrogen (secondary N) is 1. The Labute approximate surface area is 188 Å². The van der Waals surface area contributed by atoms with Gasteiger partial charge in [-0.15, -0.1) is 10.2 Å². The SMILES string of the molecule is COc1ccc(CC(=O)Nc2nnc(C3CC(=O)N(c4ccc(F)cc4)C3)s2)cc1OC. The molecule has 0 saturated carbocycles. The van der Waals surface area contributed by atoms with Gasteiger partial charge in [-0.2, -0.15) is 0 Å². The second-order valence-electron chi connectivity index (χ2n) is 7.24. The molecule has 1 N–H and O–H groups in total. The molecule has 1 aromatic heterocycles. The number of halogens is 1. The Morgan fingerprint density at radius 3 is 2.62 bits per heavy atom. The van der Waals surface area contributed by atoms with Gasteiger partial charge in [0.15, 0.2) is 11.5 Å². The smallest absolute Gasteiger partial charge is 0.230 e. The summed E-state index contributed by atoms with van der Waals surface area (Å²) < 4.78 is 23.6. The minimum atomic E-state index is -0.352. The average Bonchev–Trinajstić information content (AvgIpc) is 3.40. The van der Waals surface area contributed by atoms with Crippen LogP contribution in [0.1, 0.15) is 22.9 Å². The highest BCUT2D eigenvalue weighted by atomic mass is 32.1. The van der Waals surface area contributed by atoms with E-state index in [1.54, 1.807) is 42.3 Å². The van der Waals surface area contributed by atoms with Gasteiger partial charge in [0.05, 0.1) is 20.6 Å². The van der Waals surface area contributed by atoms with Crippen LogP contribution in [-0.4, -0.2) is 42.8 Å². The first kappa shape index (κ1) is 21.7. The third-order valence-electron chi connectivity index (χ3n) is 5.11. The van der Waals surface area contributed by atoms with Gasteiger partial charge >= 0.3 is 0 Å². The van der Waals surface area contributed by atoms with Crippen LogP contribution in [0.15, 0.2) is 42.5 Å². The molecule has 2 heterocycles. The molecule has 3 aromatic rings. The van der Waals surface area contributed by atoms with Crippen molar-refractivity contribution in [1.82, 2.24) is 10.2 Å². The van der Waals surface area contributed by atoms with E-state index in [0.29, 0.717) is 33.9 Å². The normalized spacial score (nSPS) is 15.7. The lowest BCUT2D eigenvalue weighted by Gasteiger charge is -2.16. The third kappa shape index (κ3) is 4.70. The zero-order chi connectivity index (χ0) is 22.7. The molecule has 0 spiro atoms. The summed E-state index contributed by atoms with van der Waals surface area (Å²) in [5.74, 6) is 0.348. The maximum atomic E-state index is 13.2. The number of hydrogen-bond donors (Lipinski definition) is 1. The predicted octanol–water partition coefficient (Wildman–Crippen LogP) is 3.40. The number of aromatic nitrogens is 2. The van der Waals surface area contributed by atoms with Gasteiger partial charge in [-0.05, 0) is 42.0 Å². The largest absolute Gasteiger partial charge is 0.493 e. The highest BCUT2D eigenvalue weighted by Gasteiger charge is 2.34. The van der Waals surface area contributed by atoms with Crippen molar-refractivity contribution in [3.8, 4) is 11.5 Å². The maximum Gasteiger partial charge on any atom is 0.230 e. The van der Waals surface area contributed by atoms with Crippen molar-refractivity contribution in [1.29, 1.82) is 0 Å². The van der Waals surface area contributed by atoms with E-state index in [2.05, 4.69) is 15.5 Å². The Bertz CT molecular complexity index is 1140. The van der Waals surface area contributed by atoms with Crippen LogP contribution in [0.2, 0.25) is 0 Å². The number of carbonyl (C=O) groups is 2. The van der Waals surface area contributed by atoms with Crippen LogP contribution in [0.4, 0.5) is 15.2 Å². The average molecular weight is 456 g/mol. The molecule has 1 unspecified atom stereocenters. The van der Waals surface area contributed by atoms with Gasteiger partial charge in [-0.3, -0.25) is 9.59 Å². The van der Waals surface area contributed by atoms with E-state index in [9.17, 15) is 14.0 Å². The molecule has 166 valence electrons. The molecule has 10 heteroatoms. The zero-order valence-electron chi connectivity index (χ0n) is 17.5. The Balaban J connectivity index is 1.38. The van der Waals surface area contributed by atoms with Crippen LogP contribution in [-0.2, 0) is 16.0 Å². The van der Waals surface area contributed by atoms with Gasteiger partial charge in [0, 0.05) is 24.6 Å². The van der Waals surface area contributed by atoms with Crippen LogP contribution in [0.5, 0.6) is 11.5 Å². The topological polar surface area (TPSA) is 93.7 Å². The standard InChI is InChI=1S/C22H21FN4O4S/c1-30-17-8-3-13(9-18(17)31-2)10-19(28)24-22-26-25-21(32-22)14-11-20(29)27(12-14)16-6-4-15(23)5-7-16/h3-9,14H,10-12H2,1-2H3,(H,24,26,28). The summed E-state index contributed by atoms with van der Waals surface area (Å²) in [5.41, 5.74) is 1.41. The lowest BCUT2D eigenvalue weighted by molar-refractivity contribution is -0.117. The highest BCUT2D eigenvalue weighted by molar-refractivity contribution is 7.15. The summed E-state index contributed by atoms with van der Waals surface area (Å²) in [5, 5.41) is 12.0. The summed E-state index contributed by atoms with van der Waals surface area (Å²) in [6, 6.07) is 11.1. The van der Waals surface area contributed by atoms with E-state index in [1.807, 2.05) is 0 Å². The molecule has 8 nitrogen and oxygen atoms in total. The first-order valence-corrected chi connectivity index (χ1v) is 10.7. The van der Waals surface area contributed by atoms with Gasteiger partial charge in [-0.1, -0.05) is 17.4 Å². The zero-order valence-corrected chi connectivity index (χ0v) is 18.3. The number of amides is 2. The number of hydrogen-bond acceptors (Lipinski definition) is 7. The second-order valence-corrected chi connectivity index (χ2v) is 8.25. The lowest BCUT2D eigenvalue weighted by Crippen LogP contribution is -2.24. The van der Waals surface area contributed by atoms with Crippen molar-refractivity contribution < 1.29 is 23.5 Å². The highest BCUT2D eigenvalue weighted by Crippen LogP contribution is 2.34. The summed E-state index contributed by atoms with van der Waals surface area (Å²) in [6.07, 6.45) is 0.418. The van der Waals surface area contributed by atoms with Crippen molar-refractivity contribution in [2.24, 2.45) is 0 Å². The molecule has 4 rings (SSSR count). The Hall–Kier alpha value is -3.53. The van der Waals surface area contributed by atoms with Gasteiger partial charge in [-0.25, -0.2) is 4.39 Å². The Morgan fingerprint density at radius 2 is 1.91 bits per heavy atom. The molecule has 0 bridgehead atoms. The van der Waals surface area contributed by atoms with Gasteiger partial charge in [0.25, 0.3) is 0 Å². The van der Waals surface area contributed by atoms with Crippen molar-refractivity contribution in [2.75, 3.05) is 31.0 Å². The van der Waals surface area contributed by atoms with Crippen LogP contribution in [0.25, 0.3) is 0 Å². The van der Waals surface area contributed by atoms with E-state index < -0.39 is 0 Å². The van der Waals surface area contributed by atoms with Crippen molar-refractivity contribution in [3.05, 3.63) is 58.9 Å². The number of rotatable bonds is 7. The molecule has 2 aromatic carbocycles. The fourth-order valence-corrected chi connectivity index (χ4v) is 4.38. The molecule has 0 aliphatic carbocycles. The van der Waals surface area contributed by atoms with E-state index in [4.69, 9.17) is 9.47 Å². The number of benzene rings is 2. The summed E-state index contributed by atoms with van der Waals surface area (Å²) in [6.45, 7) is 0.429. The number of anilines is 2. The summed E-state index contributed by atoms with van der Waals surface area (Å²) in [7, 11) is 3.09. The first-order valence-electron chi connectivity index (χ1n) is 9.87. The molecule has 2 amide bonds. The molecule has 1 atom stereocenters. The van der Waals surface area contributed by atoms with Gasteiger partial charge in [0.2, 0.25) is 16.9 Å². The first-order chi connectivity index (χ1) is 15.5. The number of ether oxygens (including phenoxy) is 2. The molecular formula is C22H21FN4O4S. The van der Waals surface area contributed by atoms with E-state index in [0.717, 1.165) is 5.56 Å². The molecule has 1 fully saturated rings. The van der Waals surface area contributed by atoms with E-state index in [-0.39, 0.29) is 36.4 Å². The van der Waals surface area contributed by atoms with Crippen LogP contribution >= 0.6 is 11.3 Å². The fourth-order valence-electron chi connectivity index (χ4n) is 3.53. The molecular weight excluding hydrogens is 435 g/mol. The van der Waals surface area contributed by atoms with Crippen molar-refractivity contribution in [3.63, 3.8) is 0 Å². The summed E-state index contributed by atoms with van der Waals surface area (Å²) in [4.78, 5) is 26.5. The maximum absolute atomic E-state index is 13.2. The Morgan fingerprint density at radius 1 is 1.16 bits per heavy atom. The molecule has 1 aliphatic rings. The van der Waals surface area contributed by atoms with Crippen molar-refractivity contribution in [2.45, 2.75) is 18.8 Å². The van der Waals surface area contributed by atoms with E-state index in [1.165, 1.54) is 30.6 Å². The lowest BCUT2D eigenvalue weighted by atomic mass is 10.1. The van der Waals surface area contributed by atoms with Crippen LogP contribution in [0, 0.1) is 5.82 Å². The van der Waals surface area contributed by atoms with E-state index >= 15 is 0 Å². The minimum Gasteiger partial charge on any atom is -0.493 e.